The maximum absolute atomic E-state index is 4.79. The van der Waals surface area contributed by atoms with Gasteiger partial charge in [-0.3, -0.25) is 4.57 Å². The van der Waals surface area contributed by atoms with Crippen molar-refractivity contribution in [1.82, 2.24) is 9.55 Å². The van der Waals surface area contributed by atoms with Crippen LogP contribution in [0.2, 0.25) is 0 Å². The van der Waals surface area contributed by atoms with E-state index in [9.17, 15) is 0 Å². The molecule has 0 fully saturated rings. The summed E-state index contributed by atoms with van der Waals surface area (Å²) in [6.07, 6.45) is 1.88. The van der Waals surface area contributed by atoms with Gasteiger partial charge in [-0.1, -0.05) is 86.6 Å². The zero-order valence-electron chi connectivity index (χ0n) is 21.2. The maximum atomic E-state index is 4.79. The smallest absolute Gasteiger partial charge is 0.137 e. The molecular weight excluding hydrogens is 482 g/mol. The number of benzene rings is 4. The number of para-hydroxylation sites is 3. The number of rotatable bonds is 2. The van der Waals surface area contributed by atoms with Gasteiger partial charge < -0.3 is 4.90 Å². The number of aromatic nitrogens is 2. The first-order valence-electron chi connectivity index (χ1n) is 13.0. The average molecular weight is 508 g/mol. The molecule has 3 aromatic heterocycles. The molecule has 0 radical (unpaired) electrons. The molecule has 4 heterocycles. The lowest BCUT2D eigenvalue weighted by Gasteiger charge is -2.40. The van der Waals surface area contributed by atoms with Crippen molar-refractivity contribution in [3.63, 3.8) is 0 Å². The largest absolute Gasteiger partial charge is 0.308 e. The molecule has 1 aliphatic rings. The maximum Gasteiger partial charge on any atom is 0.137 e. The van der Waals surface area contributed by atoms with Gasteiger partial charge in [0.05, 0.1) is 27.1 Å². The Hall–Kier alpha value is -4.41. The van der Waals surface area contributed by atoms with Crippen LogP contribution < -0.4 is 4.90 Å². The van der Waals surface area contributed by atoms with Crippen molar-refractivity contribution < 1.29 is 0 Å². The lowest BCUT2D eigenvalue weighted by Crippen LogP contribution is -2.29. The lowest BCUT2D eigenvalue weighted by molar-refractivity contribution is 0.647. The molecule has 3 nitrogen and oxygen atoms in total. The Kier molecular flexibility index (Phi) is 4.44. The van der Waals surface area contributed by atoms with E-state index >= 15 is 0 Å². The Morgan fingerprint density at radius 2 is 1.42 bits per heavy atom. The van der Waals surface area contributed by atoms with Crippen LogP contribution in [0, 0.1) is 0 Å². The SMILES string of the molecule is CC1(C)c2ccccc2N(c2ccccc2)c2c1sc1c2ccc2c3ccccc3n(-c3ccccn3)c21. The van der Waals surface area contributed by atoms with Crippen molar-refractivity contribution in [2.45, 2.75) is 19.3 Å². The topological polar surface area (TPSA) is 21.1 Å². The molecule has 8 rings (SSSR count). The third-order valence-corrected chi connectivity index (χ3v) is 9.49. The van der Waals surface area contributed by atoms with Crippen LogP contribution in [0.15, 0.2) is 115 Å². The van der Waals surface area contributed by atoms with E-state index in [4.69, 9.17) is 4.98 Å². The van der Waals surface area contributed by atoms with Crippen molar-refractivity contribution in [2.75, 3.05) is 4.90 Å². The Bertz CT molecular complexity index is 2000. The van der Waals surface area contributed by atoms with Gasteiger partial charge in [-0.2, -0.15) is 0 Å². The quantitative estimate of drug-likeness (QED) is 0.232. The van der Waals surface area contributed by atoms with Crippen LogP contribution in [0.5, 0.6) is 0 Å². The van der Waals surface area contributed by atoms with E-state index in [1.54, 1.807) is 0 Å². The van der Waals surface area contributed by atoms with E-state index < -0.39 is 0 Å². The van der Waals surface area contributed by atoms with Crippen molar-refractivity contribution in [2.24, 2.45) is 0 Å². The summed E-state index contributed by atoms with van der Waals surface area (Å²) in [5.74, 6) is 0.944. The molecule has 4 aromatic carbocycles. The minimum atomic E-state index is -0.130. The lowest BCUT2D eigenvalue weighted by atomic mass is 9.78. The number of hydrogen-bond donors (Lipinski definition) is 0. The summed E-state index contributed by atoms with van der Waals surface area (Å²) in [5, 5.41) is 3.80. The molecule has 0 aliphatic carbocycles. The second-order valence-corrected chi connectivity index (χ2v) is 11.5. The molecule has 0 unspecified atom stereocenters. The molecule has 38 heavy (non-hydrogen) atoms. The first-order chi connectivity index (χ1) is 18.6. The molecule has 1 aliphatic heterocycles. The van der Waals surface area contributed by atoms with Crippen LogP contribution in [-0.4, -0.2) is 9.55 Å². The van der Waals surface area contributed by atoms with Crippen LogP contribution >= 0.6 is 11.3 Å². The van der Waals surface area contributed by atoms with Gasteiger partial charge in [0.2, 0.25) is 0 Å². The highest BCUT2D eigenvalue weighted by atomic mass is 32.1. The number of fused-ring (bicyclic) bond motifs is 8. The normalized spacial score (nSPS) is 14.2. The van der Waals surface area contributed by atoms with E-state index in [1.807, 2.05) is 23.6 Å². The zero-order valence-corrected chi connectivity index (χ0v) is 22.0. The minimum Gasteiger partial charge on any atom is -0.308 e. The third kappa shape index (κ3) is 2.81. The van der Waals surface area contributed by atoms with Gasteiger partial charge in [-0.25, -0.2) is 4.98 Å². The van der Waals surface area contributed by atoms with E-state index in [0.29, 0.717) is 0 Å². The van der Waals surface area contributed by atoms with Gasteiger partial charge in [0, 0.05) is 38.3 Å². The van der Waals surface area contributed by atoms with Gasteiger partial charge >= 0.3 is 0 Å². The molecule has 0 atom stereocenters. The summed E-state index contributed by atoms with van der Waals surface area (Å²) in [6.45, 7) is 4.74. The van der Waals surface area contributed by atoms with E-state index in [0.717, 1.165) is 5.82 Å². The molecular formula is C34H25N3S. The summed E-state index contributed by atoms with van der Waals surface area (Å²) in [5.41, 5.74) is 7.36. The zero-order chi connectivity index (χ0) is 25.4. The number of anilines is 3. The average Bonchev–Trinajstić information content (AvgIpc) is 3.52. The number of nitrogens with zero attached hydrogens (tertiary/aromatic N) is 3. The Labute approximate surface area is 225 Å². The summed E-state index contributed by atoms with van der Waals surface area (Å²) < 4.78 is 3.65. The molecule has 182 valence electrons. The first kappa shape index (κ1) is 21.7. The molecule has 0 bridgehead atoms. The Morgan fingerprint density at radius 1 is 0.684 bits per heavy atom. The monoisotopic (exact) mass is 507 g/mol. The van der Waals surface area contributed by atoms with Crippen LogP contribution in [-0.2, 0) is 5.41 Å². The van der Waals surface area contributed by atoms with E-state index in [-0.39, 0.29) is 5.41 Å². The van der Waals surface area contributed by atoms with Gasteiger partial charge in [-0.15, -0.1) is 11.3 Å². The molecule has 0 amide bonds. The third-order valence-electron chi connectivity index (χ3n) is 7.97. The summed E-state index contributed by atoms with van der Waals surface area (Å²) in [7, 11) is 0. The fraction of sp³-hybridized carbons (Fsp3) is 0.0882. The van der Waals surface area contributed by atoms with Crippen molar-refractivity contribution in [3.8, 4) is 5.82 Å². The first-order valence-corrected chi connectivity index (χ1v) is 13.8. The fourth-order valence-corrected chi connectivity index (χ4v) is 7.68. The molecule has 7 aromatic rings. The molecule has 0 spiro atoms. The van der Waals surface area contributed by atoms with Gasteiger partial charge in [0.25, 0.3) is 0 Å². The molecule has 0 saturated heterocycles. The Balaban J connectivity index is 1.56. The minimum absolute atomic E-state index is 0.130. The van der Waals surface area contributed by atoms with Gasteiger partial charge in [0.15, 0.2) is 0 Å². The molecule has 0 N–H and O–H groups in total. The summed E-state index contributed by atoms with van der Waals surface area (Å²) in [4.78, 5) is 8.65. The van der Waals surface area contributed by atoms with Crippen LogP contribution in [0.25, 0.3) is 37.7 Å². The van der Waals surface area contributed by atoms with Gasteiger partial charge in [-0.05, 0) is 42.0 Å². The van der Waals surface area contributed by atoms with Crippen molar-refractivity contribution in [3.05, 3.63) is 126 Å². The highest BCUT2D eigenvalue weighted by Crippen LogP contribution is 2.58. The fourth-order valence-electron chi connectivity index (χ4n) is 6.24. The highest BCUT2D eigenvalue weighted by Gasteiger charge is 2.40. The number of hydrogen-bond acceptors (Lipinski definition) is 3. The second kappa shape index (κ2) is 7.80. The van der Waals surface area contributed by atoms with Crippen molar-refractivity contribution >= 4 is 60.3 Å². The highest BCUT2D eigenvalue weighted by molar-refractivity contribution is 7.21. The van der Waals surface area contributed by atoms with Crippen LogP contribution in [0.3, 0.4) is 0 Å². The predicted molar refractivity (Wildman–Crippen MR) is 161 cm³/mol. The van der Waals surface area contributed by atoms with Crippen LogP contribution in [0.4, 0.5) is 17.1 Å². The Morgan fingerprint density at radius 3 is 2.26 bits per heavy atom. The van der Waals surface area contributed by atoms with E-state index in [1.165, 1.54) is 59.4 Å². The second-order valence-electron chi connectivity index (χ2n) is 10.5. The number of thiophene rings is 1. The molecule has 0 saturated carbocycles. The predicted octanol–water partition coefficient (Wildman–Crippen LogP) is 9.50. The molecule has 4 heteroatoms. The van der Waals surface area contributed by atoms with Crippen LogP contribution in [0.1, 0.15) is 24.3 Å². The van der Waals surface area contributed by atoms with Gasteiger partial charge in [0.1, 0.15) is 5.82 Å². The summed E-state index contributed by atoms with van der Waals surface area (Å²) >= 11 is 1.93. The number of pyridine rings is 1. The van der Waals surface area contributed by atoms with E-state index in [2.05, 4.69) is 126 Å². The summed E-state index contributed by atoms with van der Waals surface area (Å²) in [6, 6.07) is 39.1. The van der Waals surface area contributed by atoms with Crippen molar-refractivity contribution in [1.29, 1.82) is 0 Å². The standard InChI is InChI=1S/C34H25N3S/c1-34(2)26-15-7-9-17-28(26)36(22-12-4-3-5-13-22)31-25-20-19-24-23-14-6-8-16-27(23)37(29-18-10-11-21-35-29)30(24)32(25)38-33(31)34/h3-21H,1-2H3.